The molecule has 0 spiro atoms. The van der Waals surface area contributed by atoms with Crippen LogP contribution in [0, 0.1) is 0 Å². The van der Waals surface area contributed by atoms with Gasteiger partial charge in [0.15, 0.2) is 6.61 Å². The van der Waals surface area contributed by atoms with Crippen LogP contribution in [0.1, 0.15) is 40.7 Å². The van der Waals surface area contributed by atoms with Gasteiger partial charge in [-0.3, -0.25) is 14.3 Å². The number of ether oxygens (including phenoxy) is 1. The molecule has 5 rings (SSSR count). The molecule has 0 aliphatic carbocycles. The zero-order chi connectivity index (χ0) is 22.8. The molecular formula is C26H28N4O3. The van der Waals surface area contributed by atoms with E-state index in [4.69, 9.17) is 4.74 Å². The predicted octanol–water partition coefficient (Wildman–Crippen LogP) is 3.63. The number of fused-ring (bicyclic) bond motifs is 1. The molecule has 1 saturated heterocycles. The van der Waals surface area contributed by atoms with Crippen molar-refractivity contribution >= 4 is 11.8 Å². The molecule has 1 aromatic heterocycles. The molecule has 0 bridgehead atoms. The summed E-state index contributed by atoms with van der Waals surface area (Å²) in [4.78, 5) is 29.4. The van der Waals surface area contributed by atoms with E-state index in [0.29, 0.717) is 24.4 Å². The van der Waals surface area contributed by atoms with Crippen LogP contribution in [0.3, 0.4) is 0 Å². The third kappa shape index (κ3) is 4.49. The molecule has 2 aliphatic rings. The Morgan fingerprint density at radius 3 is 2.55 bits per heavy atom. The monoisotopic (exact) mass is 444 g/mol. The SMILES string of the molecule is Cn1cc(-c2ccc(CN3Cc4cccc(OCC(=O)N5CCCCC5)c4C3=O)cc2)cn1. The average molecular weight is 445 g/mol. The van der Waals surface area contributed by atoms with Crippen molar-refractivity contribution in [3.63, 3.8) is 0 Å². The fourth-order valence-electron chi connectivity index (χ4n) is 4.60. The van der Waals surface area contributed by atoms with Crippen LogP contribution in [-0.4, -0.2) is 51.1 Å². The summed E-state index contributed by atoms with van der Waals surface area (Å²) in [7, 11) is 1.90. The van der Waals surface area contributed by atoms with Crippen LogP contribution >= 0.6 is 0 Å². The maximum Gasteiger partial charge on any atom is 0.260 e. The van der Waals surface area contributed by atoms with Crippen molar-refractivity contribution < 1.29 is 14.3 Å². The van der Waals surface area contributed by atoms with Crippen LogP contribution in [0.4, 0.5) is 0 Å². The predicted molar refractivity (Wildman–Crippen MR) is 125 cm³/mol. The molecule has 33 heavy (non-hydrogen) atoms. The molecule has 0 N–H and O–H groups in total. The van der Waals surface area contributed by atoms with Gasteiger partial charge in [0.2, 0.25) is 0 Å². The lowest BCUT2D eigenvalue weighted by atomic mass is 10.1. The van der Waals surface area contributed by atoms with Gasteiger partial charge < -0.3 is 14.5 Å². The second-order valence-electron chi connectivity index (χ2n) is 8.78. The topological polar surface area (TPSA) is 67.7 Å². The number of hydrogen-bond acceptors (Lipinski definition) is 4. The summed E-state index contributed by atoms with van der Waals surface area (Å²) in [5.41, 5.74) is 4.74. The molecule has 170 valence electrons. The Hall–Kier alpha value is -3.61. The summed E-state index contributed by atoms with van der Waals surface area (Å²) in [5.74, 6) is 0.433. The molecule has 0 radical (unpaired) electrons. The molecule has 3 aromatic rings. The highest BCUT2D eigenvalue weighted by Gasteiger charge is 2.31. The lowest BCUT2D eigenvalue weighted by Gasteiger charge is -2.26. The number of aryl methyl sites for hydroxylation is 1. The minimum absolute atomic E-state index is 0.0108. The van der Waals surface area contributed by atoms with Gasteiger partial charge in [-0.05, 0) is 42.0 Å². The minimum Gasteiger partial charge on any atom is -0.483 e. The molecule has 3 heterocycles. The number of aromatic nitrogens is 2. The van der Waals surface area contributed by atoms with Gasteiger partial charge in [0.05, 0.1) is 11.8 Å². The van der Waals surface area contributed by atoms with E-state index in [-0.39, 0.29) is 18.4 Å². The lowest BCUT2D eigenvalue weighted by Crippen LogP contribution is -2.38. The van der Waals surface area contributed by atoms with E-state index in [1.165, 1.54) is 6.42 Å². The Balaban J connectivity index is 1.25. The second kappa shape index (κ2) is 9.10. The number of likely N-dealkylation sites (tertiary alicyclic amines) is 1. The Morgan fingerprint density at radius 2 is 1.82 bits per heavy atom. The molecule has 2 amide bonds. The smallest absolute Gasteiger partial charge is 0.260 e. The zero-order valence-electron chi connectivity index (χ0n) is 18.9. The van der Waals surface area contributed by atoms with Gasteiger partial charge in [0.25, 0.3) is 11.8 Å². The summed E-state index contributed by atoms with van der Waals surface area (Å²) in [6, 6.07) is 13.8. The Bertz CT molecular complexity index is 1160. The normalized spacial score (nSPS) is 15.6. The van der Waals surface area contributed by atoms with Crippen molar-refractivity contribution in [3.8, 4) is 16.9 Å². The second-order valence-corrected chi connectivity index (χ2v) is 8.78. The third-order valence-corrected chi connectivity index (χ3v) is 6.40. The van der Waals surface area contributed by atoms with Gasteiger partial charge in [-0.2, -0.15) is 5.10 Å². The van der Waals surface area contributed by atoms with Crippen LogP contribution < -0.4 is 4.74 Å². The number of amides is 2. The van der Waals surface area contributed by atoms with Crippen molar-refractivity contribution in [1.82, 2.24) is 19.6 Å². The largest absolute Gasteiger partial charge is 0.483 e. The molecule has 2 aliphatic heterocycles. The standard InChI is InChI=1S/C26H28N4O3/c1-28-16-22(14-27-28)20-10-8-19(9-11-20)15-30-17-21-6-5-7-23(25(21)26(30)32)33-18-24(31)29-12-3-2-4-13-29/h5-11,14,16H,2-4,12-13,15,17-18H2,1H3. The van der Waals surface area contributed by atoms with Gasteiger partial charge in [-0.15, -0.1) is 0 Å². The van der Waals surface area contributed by atoms with Crippen LogP contribution in [0.15, 0.2) is 54.9 Å². The van der Waals surface area contributed by atoms with Crippen LogP contribution in [0.2, 0.25) is 0 Å². The molecular weight excluding hydrogens is 416 g/mol. The summed E-state index contributed by atoms with van der Waals surface area (Å²) in [6.07, 6.45) is 7.08. The van der Waals surface area contributed by atoms with E-state index < -0.39 is 0 Å². The van der Waals surface area contributed by atoms with E-state index >= 15 is 0 Å². The number of rotatable bonds is 6. The first kappa shape index (κ1) is 21.2. The van der Waals surface area contributed by atoms with Crippen LogP contribution in [0.25, 0.3) is 11.1 Å². The van der Waals surface area contributed by atoms with Crippen molar-refractivity contribution in [2.45, 2.75) is 32.4 Å². The lowest BCUT2D eigenvalue weighted by molar-refractivity contribution is -0.134. The van der Waals surface area contributed by atoms with Crippen molar-refractivity contribution in [3.05, 3.63) is 71.5 Å². The molecule has 7 heteroatoms. The number of carbonyl (C=O) groups is 2. The van der Waals surface area contributed by atoms with Gasteiger partial charge in [0.1, 0.15) is 5.75 Å². The Morgan fingerprint density at radius 1 is 1.03 bits per heavy atom. The Labute approximate surface area is 193 Å². The van der Waals surface area contributed by atoms with Crippen molar-refractivity contribution in [2.24, 2.45) is 7.05 Å². The van der Waals surface area contributed by atoms with Crippen molar-refractivity contribution in [1.29, 1.82) is 0 Å². The highest BCUT2D eigenvalue weighted by atomic mass is 16.5. The highest BCUT2D eigenvalue weighted by Crippen LogP contribution is 2.32. The fraction of sp³-hybridized carbons (Fsp3) is 0.346. The van der Waals surface area contributed by atoms with Crippen LogP contribution in [0.5, 0.6) is 5.75 Å². The Kier molecular flexibility index (Phi) is 5.86. The summed E-state index contributed by atoms with van der Waals surface area (Å²) in [6.45, 7) is 2.62. The van der Waals surface area contributed by atoms with E-state index in [0.717, 1.165) is 48.2 Å². The fourth-order valence-corrected chi connectivity index (χ4v) is 4.60. The molecule has 2 aromatic carbocycles. The molecule has 0 atom stereocenters. The maximum atomic E-state index is 13.2. The van der Waals surface area contributed by atoms with Crippen molar-refractivity contribution in [2.75, 3.05) is 19.7 Å². The summed E-state index contributed by atoms with van der Waals surface area (Å²) in [5, 5.41) is 4.22. The number of nitrogens with zero attached hydrogens (tertiary/aromatic N) is 4. The molecule has 0 saturated carbocycles. The van der Waals surface area contributed by atoms with Gasteiger partial charge in [-0.1, -0.05) is 36.4 Å². The van der Waals surface area contributed by atoms with Crippen LogP contribution in [-0.2, 0) is 24.9 Å². The first-order chi connectivity index (χ1) is 16.1. The number of piperidine rings is 1. The van der Waals surface area contributed by atoms with E-state index in [1.54, 1.807) is 10.7 Å². The maximum absolute atomic E-state index is 13.2. The quantitative estimate of drug-likeness (QED) is 0.582. The number of carbonyl (C=O) groups excluding carboxylic acids is 2. The van der Waals surface area contributed by atoms with E-state index in [2.05, 4.69) is 17.2 Å². The minimum atomic E-state index is -0.0534. The molecule has 7 nitrogen and oxygen atoms in total. The van der Waals surface area contributed by atoms with Gasteiger partial charge >= 0.3 is 0 Å². The zero-order valence-corrected chi connectivity index (χ0v) is 18.9. The third-order valence-electron chi connectivity index (χ3n) is 6.40. The first-order valence-corrected chi connectivity index (χ1v) is 11.5. The molecule has 1 fully saturated rings. The highest BCUT2D eigenvalue weighted by molar-refractivity contribution is 6.01. The van der Waals surface area contributed by atoms with E-state index in [1.807, 2.05) is 53.5 Å². The number of hydrogen-bond donors (Lipinski definition) is 0. The number of benzene rings is 2. The van der Waals surface area contributed by atoms with Gasteiger partial charge in [-0.25, -0.2) is 0 Å². The first-order valence-electron chi connectivity index (χ1n) is 11.5. The average Bonchev–Trinajstić information content (AvgIpc) is 3.42. The summed E-state index contributed by atoms with van der Waals surface area (Å²) >= 11 is 0. The molecule has 0 unspecified atom stereocenters. The summed E-state index contributed by atoms with van der Waals surface area (Å²) < 4.78 is 7.63. The van der Waals surface area contributed by atoms with E-state index in [9.17, 15) is 9.59 Å². The van der Waals surface area contributed by atoms with Gasteiger partial charge in [0, 0.05) is 45.0 Å².